The lowest BCUT2D eigenvalue weighted by atomic mass is 10.2. The van der Waals surface area contributed by atoms with Crippen molar-refractivity contribution in [1.82, 2.24) is 10.0 Å². The molecule has 2 N–H and O–H groups in total. The van der Waals surface area contributed by atoms with Gasteiger partial charge in [-0.15, -0.1) is 0 Å². The van der Waals surface area contributed by atoms with E-state index in [0.29, 0.717) is 5.75 Å². The number of methoxy groups -OCH3 is 1. The average Bonchev–Trinajstić information content (AvgIpc) is 2.60. The number of hydrogen-bond donors (Lipinski definition) is 2. The van der Waals surface area contributed by atoms with Crippen LogP contribution >= 0.6 is 23.2 Å². The van der Waals surface area contributed by atoms with E-state index in [9.17, 15) is 13.2 Å². The molecule has 2 rings (SSSR count). The van der Waals surface area contributed by atoms with Gasteiger partial charge in [0, 0.05) is 11.6 Å². The zero-order valence-corrected chi connectivity index (χ0v) is 15.6. The molecule has 0 saturated carbocycles. The molecule has 2 aromatic rings. The van der Waals surface area contributed by atoms with Crippen molar-refractivity contribution in [3.63, 3.8) is 0 Å². The van der Waals surface area contributed by atoms with Gasteiger partial charge in [0.05, 0.1) is 18.7 Å². The van der Waals surface area contributed by atoms with E-state index >= 15 is 0 Å². The summed E-state index contributed by atoms with van der Waals surface area (Å²) in [7, 11) is -2.38. The SMILES string of the molecule is COc1ccc(CNC(=O)CNS(=O)(=O)c2cc(Cl)ccc2Cl)cc1. The minimum atomic E-state index is -3.94. The molecule has 0 aliphatic rings. The smallest absolute Gasteiger partial charge is 0.242 e. The van der Waals surface area contributed by atoms with Gasteiger partial charge in [-0.25, -0.2) is 13.1 Å². The summed E-state index contributed by atoms with van der Waals surface area (Å²) in [6.45, 7) is -0.149. The molecule has 0 bridgehead atoms. The van der Waals surface area contributed by atoms with E-state index in [2.05, 4.69) is 10.0 Å². The molecule has 25 heavy (non-hydrogen) atoms. The summed E-state index contributed by atoms with van der Waals surface area (Å²) in [4.78, 5) is 11.7. The lowest BCUT2D eigenvalue weighted by Gasteiger charge is -2.10. The third-order valence-corrected chi connectivity index (χ3v) is 5.37. The van der Waals surface area contributed by atoms with E-state index in [1.807, 2.05) is 0 Å². The molecule has 0 fully saturated rings. The van der Waals surface area contributed by atoms with Crippen molar-refractivity contribution in [3.05, 3.63) is 58.1 Å². The van der Waals surface area contributed by atoms with E-state index < -0.39 is 22.5 Å². The minimum absolute atomic E-state index is 0.0236. The van der Waals surface area contributed by atoms with Crippen LogP contribution in [0.2, 0.25) is 10.0 Å². The molecule has 0 radical (unpaired) electrons. The number of benzene rings is 2. The number of ether oxygens (including phenoxy) is 1. The van der Waals surface area contributed by atoms with Gasteiger partial charge in [-0.3, -0.25) is 4.79 Å². The Kier molecular flexibility index (Phi) is 6.66. The maximum atomic E-state index is 12.2. The molecule has 134 valence electrons. The second-order valence-electron chi connectivity index (χ2n) is 5.02. The summed E-state index contributed by atoms with van der Waals surface area (Å²) in [5, 5.41) is 2.87. The van der Waals surface area contributed by atoms with Crippen molar-refractivity contribution in [3.8, 4) is 5.75 Å². The van der Waals surface area contributed by atoms with Crippen LogP contribution < -0.4 is 14.8 Å². The largest absolute Gasteiger partial charge is 0.497 e. The van der Waals surface area contributed by atoms with Crippen LogP contribution in [-0.4, -0.2) is 28.0 Å². The molecule has 0 atom stereocenters. The van der Waals surface area contributed by atoms with Crippen LogP contribution in [0.3, 0.4) is 0 Å². The van der Waals surface area contributed by atoms with Crippen molar-refractivity contribution in [2.24, 2.45) is 0 Å². The minimum Gasteiger partial charge on any atom is -0.497 e. The van der Waals surface area contributed by atoms with E-state index in [1.54, 1.807) is 31.4 Å². The van der Waals surface area contributed by atoms with Gasteiger partial charge in [-0.05, 0) is 35.9 Å². The van der Waals surface area contributed by atoms with E-state index in [4.69, 9.17) is 27.9 Å². The Morgan fingerprint density at radius 3 is 2.44 bits per heavy atom. The number of sulfonamides is 1. The summed E-state index contributed by atoms with van der Waals surface area (Å²) < 4.78 is 31.7. The van der Waals surface area contributed by atoms with Gasteiger partial charge in [0.2, 0.25) is 15.9 Å². The van der Waals surface area contributed by atoms with Crippen LogP contribution in [0, 0.1) is 0 Å². The fraction of sp³-hybridized carbons (Fsp3) is 0.188. The molecule has 0 aliphatic heterocycles. The van der Waals surface area contributed by atoms with Crippen LogP contribution in [-0.2, 0) is 21.4 Å². The van der Waals surface area contributed by atoms with Gasteiger partial charge in [0.15, 0.2) is 0 Å². The molecule has 2 aromatic carbocycles. The van der Waals surface area contributed by atoms with Gasteiger partial charge >= 0.3 is 0 Å². The Bertz CT molecular complexity index is 855. The van der Waals surface area contributed by atoms with Crippen molar-refractivity contribution in [2.45, 2.75) is 11.4 Å². The molecule has 0 aliphatic carbocycles. The summed E-state index contributed by atoms with van der Waals surface area (Å²) >= 11 is 11.7. The molecule has 6 nitrogen and oxygen atoms in total. The van der Waals surface area contributed by atoms with Gasteiger partial charge in [-0.2, -0.15) is 0 Å². The fourth-order valence-corrected chi connectivity index (χ4v) is 3.67. The maximum Gasteiger partial charge on any atom is 0.242 e. The zero-order chi connectivity index (χ0) is 18.4. The number of carbonyl (C=O) groups excluding carboxylic acids is 1. The third kappa shape index (κ3) is 5.61. The Hall–Kier alpha value is -1.80. The standard InChI is InChI=1S/C16H16Cl2N2O4S/c1-24-13-5-2-11(3-6-13)9-19-16(21)10-20-25(22,23)15-8-12(17)4-7-14(15)18/h2-8,20H,9-10H2,1H3,(H,19,21). The number of hydrogen-bond acceptors (Lipinski definition) is 4. The number of rotatable bonds is 7. The van der Waals surface area contributed by atoms with Crippen molar-refractivity contribution in [2.75, 3.05) is 13.7 Å². The highest BCUT2D eigenvalue weighted by atomic mass is 35.5. The first-order valence-electron chi connectivity index (χ1n) is 7.16. The van der Waals surface area contributed by atoms with Gasteiger partial charge in [-0.1, -0.05) is 35.3 Å². The van der Waals surface area contributed by atoms with Crippen molar-refractivity contribution < 1.29 is 17.9 Å². The lowest BCUT2D eigenvalue weighted by Crippen LogP contribution is -2.36. The fourth-order valence-electron chi connectivity index (χ4n) is 1.93. The average molecular weight is 403 g/mol. The van der Waals surface area contributed by atoms with E-state index in [0.717, 1.165) is 5.56 Å². The normalized spacial score (nSPS) is 11.2. The molecule has 1 amide bonds. The number of halogens is 2. The Morgan fingerprint density at radius 1 is 1.12 bits per heavy atom. The number of carbonyl (C=O) groups is 1. The summed E-state index contributed by atoms with van der Waals surface area (Å²) in [5.74, 6) is 0.235. The summed E-state index contributed by atoms with van der Waals surface area (Å²) in [5.41, 5.74) is 0.856. The van der Waals surface area contributed by atoms with Crippen LogP contribution in [0.1, 0.15) is 5.56 Å². The predicted octanol–water partition coefficient (Wildman–Crippen LogP) is 2.60. The van der Waals surface area contributed by atoms with Crippen LogP contribution in [0.4, 0.5) is 0 Å². The second kappa shape index (κ2) is 8.53. The van der Waals surface area contributed by atoms with Gasteiger partial charge in [0.25, 0.3) is 0 Å². The molecule has 0 heterocycles. The summed E-state index contributed by atoms with van der Waals surface area (Å²) in [6, 6.07) is 11.2. The predicted molar refractivity (Wildman–Crippen MR) is 96.5 cm³/mol. The number of nitrogens with one attached hydrogen (secondary N) is 2. The summed E-state index contributed by atoms with van der Waals surface area (Å²) in [6.07, 6.45) is 0. The zero-order valence-electron chi connectivity index (χ0n) is 13.3. The molecular weight excluding hydrogens is 387 g/mol. The lowest BCUT2D eigenvalue weighted by molar-refractivity contribution is -0.120. The monoisotopic (exact) mass is 402 g/mol. The number of amides is 1. The van der Waals surface area contributed by atoms with Crippen LogP contribution in [0.15, 0.2) is 47.4 Å². The van der Waals surface area contributed by atoms with Crippen molar-refractivity contribution >= 4 is 39.1 Å². The quantitative estimate of drug-likeness (QED) is 0.745. The molecular formula is C16H16Cl2N2O4S. The maximum absolute atomic E-state index is 12.2. The first-order valence-corrected chi connectivity index (χ1v) is 9.40. The molecule has 0 aromatic heterocycles. The molecule has 0 unspecified atom stereocenters. The first-order chi connectivity index (χ1) is 11.8. The third-order valence-electron chi connectivity index (χ3n) is 3.25. The second-order valence-corrected chi connectivity index (χ2v) is 7.60. The highest BCUT2D eigenvalue weighted by Gasteiger charge is 2.19. The van der Waals surface area contributed by atoms with Crippen LogP contribution in [0.5, 0.6) is 5.75 Å². The van der Waals surface area contributed by atoms with Crippen LogP contribution in [0.25, 0.3) is 0 Å². The van der Waals surface area contributed by atoms with E-state index in [-0.39, 0.29) is 21.5 Å². The molecule has 0 spiro atoms. The van der Waals surface area contributed by atoms with Crippen molar-refractivity contribution in [1.29, 1.82) is 0 Å². The Labute approximate surface area is 156 Å². The molecule has 9 heteroatoms. The highest BCUT2D eigenvalue weighted by molar-refractivity contribution is 7.89. The topological polar surface area (TPSA) is 84.5 Å². The Balaban J connectivity index is 1.91. The van der Waals surface area contributed by atoms with Gasteiger partial charge in [0.1, 0.15) is 10.6 Å². The van der Waals surface area contributed by atoms with E-state index in [1.165, 1.54) is 18.2 Å². The van der Waals surface area contributed by atoms with Gasteiger partial charge < -0.3 is 10.1 Å². The Morgan fingerprint density at radius 2 is 1.80 bits per heavy atom. The highest BCUT2D eigenvalue weighted by Crippen LogP contribution is 2.24. The first kappa shape index (κ1) is 19.5. The molecule has 0 saturated heterocycles.